The molecule has 1 aliphatic heterocycles. The van der Waals surface area contributed by atoms with Gasteiger partial charge in [0.05, 0.1) is 17.7 Å². The van der Waals surface area contributed by atoms with Crippen molar-refractivity contribution in [3.05, 3.63) is 0 Å². The van der Waals surface area contributed by atoms with Gasteiger partial charge in [0.15, 0.2) is 0 Å². The van der Waals surface area contributed by atoms with E-state index >= 15 is 0 Å². The molecule has 0 aromatic heterocycles. The molecule has 0 aromatic carbocycles. The molecule has 0 aromatic rings. The third kappa shape index (κ3) is 3.41. The van der Waals surface area contributed by atoms with Gasteiger partial charge in [-0.1, -0.05) is 6.92 Å². The normalized spacial score (nSPS) is 26.1. The molecular formula is C13H28N2O2. The van der Waals surface area contributed by atoms with Crippen LogP contribution in [0.15, 0.2) is 0 Å². The lowest BCUT2D eigenvalue weighted by molar-refractivity contribution is -0.0479. The Kier molecular flexibility index (Phi) is 5.86. The average Bonchev–Trinajstić information content (AvgIpc) is 2.86. The topological polar surface area (TPSA) is 47.7 Å². The molecular weight excluding hydrogens is 216 g/mol. The summed E-state index contributed by atoms with van der Waals surface area (Å²) in [5.41, 5.74) is 5.86. The van der Waals surface area contributed by atoms with Crippen molar-refractivity contribution in [2.24, 2.45) is 5.73 Å². The van der Waals surface area contributed by atoms with Crippen molar-refractivity contribution >= 4 is 0 Å². The van der Waals surface area contributed by atoms with E-state index in [1.165, 1.54) is 12.8 Å². The molecule has 0 amide bonds. The number of hydrogen-bond donors (Lipinski definition) is 1. The van der Waals surface area contributed by atoms with E-state index < -0.39 is 0 Å². The van der Waals surface area contributed by atoms with Crippen molar-refractivity contribution in [1.82, 2.24) is 4.90 Å². The van der Waals surface area contributed by atoms with Gasteiger partial charge in [0.25, 0.3) is 0 Å². The van der Waals surface area contributed by atoms with E-state index in [4.69, 9.17) is 15.2 Å². The molecule has 1 fully saturated rings. The molecule has 3 unspecified atom stereocenters. The molecule has 17 heavy (non-hydrogen) atoms. The highest BCUT2D eigenvalue weighted by atomic mass is 16.5. The van der Waals surface area contributed by atoms with Gasteiger partial charge >= 0.3 is 0 Å². The van der Waals surface area contributed by atoms with Gasteiger partial charge in [-0.15, -0.1) is 0 Å². The van der Waals surface area contributed by atoms with Crippen LogP contribution in [0.3, 0.4) is 0 Å². The van der Waals surface area contributed by atoms with Crippen molar-refractivity contribution in [3.63, 3.8) is 0 Å². The molecule has 0 saturated carbocycles. The summed E-state index contributed by atoms with van der Waals surface area (Å²) in [4.78, 5) is 2.40. The first-order valence-corrected chi connectivity index (χ1v) is 6.68. The Labute approximate surface area is 105 Å². The molecule has 1 rings (SSSR count). The highest BCUT2D eigenvalue weighted by Crippen LogP contribution is 2.23. The maximum atomic E-state index is 5.97. The van der Waals surface area contributed by atoms with Gasteiger partial charge in [0, 0.05) is 26.8 Å². The lowest BCUT2D eigenvalue weighted by atomic mass is 9.92. The summed E-state index contributed by atoms with van der Waals surface area (Å²) in [5.74, 6) is 0. The zero-order valence-corrected chi connectivity index (χ0v) is 11.7. The van der Waals surface area contributed by atoms with Crippen LogP contribution in [0.2, 0.25) is 0 Å². The molecule has 2 N–H and O–H groups in total. The van der Waals surface area contributed by atoms with Crippen LogP contribution >= 0.6 is 0 Å². The molecule has 3 atom stereocenters. The fourth-order valence-corrected chi connectivity index (χ4v) is 2.54. The Morgan fingerprint density at radius 1 is 1.59 bits per heavy atom. The van der Waals surface area contributed by atoms with Crippen LogP contribution in [0.4, 0.5) is 0 Å². The second-order valence-electron chi connectivity index (χ2n) is 5.11. The molecule has 0 aliphatic carbocycles. The highest BCUT2D eigenvalue weighted by Gasteiger charge is 2.37. The lowest BCUT2D eigenvalue weighted by Crippen LogP contribution is -2.60. The van der Waals surface area contributed by atoms with Crippen LogP contribution in [0.5, 0.6) is 0 Å². The number of likely N-dealkylation sites (N-methyl/N-ethyl adjacent to an activating group) is 1. The highest BCUT2D eigenvalue weighted by molar-refractivity contribution is 4.93. The van der Waals surface area contributed by atoms with E-state index in [9.17, 15) is 0 Å². The lowest BCUT2D eigenvalue weighted by Gasteiger charge is -2.44. The molecule has 1 heterocycles. The monoisotopic (exact) mass is 244 g/mol. The number of nitrogens with two attached hydrogens (primary N) is 1. The Balaban J connectivity index is 2.67. The minimum Gasteiger partial charge on any atom is -0.380 e. The van der Waals surface area contributed by atoms with Crippen LogP contribution in [0, 0.1) is 0 Å². The largest absolute Gasteiger partial charge is 0.380 e. The SMILES string of the molecule is CCN(CC1CCCO1)C(C)(CN)C(C)OC. The molecule has 1 saturated heterocycles. The second kappa shape index (κ2) is 6.69. The molecule has 102 valence electrons. The van der Waals surface area contributed by atoms with Crippen molar-refractivity contribution in [2.45, 2.75) is 51.4 Å². The Hall–Kier alpha value is -0.160. The standard InChI is InChI=1S/C13H28N2O2/c1-5-15(9-12-7-6-8-17-12)13(3,10-14)11(2)16-4/h11-12H,5-10,14H2,1-4H3. The maximum absolute atomic E-state index is 5.97. The Morgan fingerprint density at radius 2 is 2.29 bits per heavy atom. The summed E-state index contributed by atoms with van der Waals surface area (Å²) in [6, 6.07) is 0. The van der Waals surface area contributed by atoms with Gasteiger partial charge in [0.1, 0.15) is 0 Å². The molecule has 0 bridgehead atoms. The van der Waals surface area contributed by atoms with E-state index in [1.54, 1.807) is 7.11 Å². The maximum Gasteiger partial charge on any atom is 0.0736 e. The quantitative estimate of drug-likeness (QED) is 0.732. The van der Waals surface area contributed by atoms with E-state index in [1.807, 2.05) is 0 Å². The van der Waals surface area contributed by atoms with Gasteiger partial charge in [-0.05, 0) is 33.2 Å². The van der Waals surface area contributed by atoms with Crippen LogP contribution in [-0.4, -0.2) is 56.0 Å². The van der Waals surface area contributed by atoms with Crippen LogP contribution < -0.4 is 5.73 Å². The zero-order chi connectivity index (χ0) is 12.9. The molecule has 4 nitrogen and oxygen atoms in total. The van der Waals surface area contributed by atoms with Gasteiger partial charge in [0.2, 0.25) is 0 Å². The van der Waals surface area contributed by atoms with Crippen LogP contribution in [-0.2, 0) is 9.47 Å². The third-order valence-electron chi connectivity index (χ3n) is 4.19. The number of rotatable bonds is 7. The molecule has 4 heteroatoms. The van der Waals surface area contributed by atoms with Crippen molar-refractivity contribution < 1.29 is 9.47 Å². The fraction of sp³-hybridized carbons (Fsp3) is 1.00. The molecule has 1 aliphatic rings. The summed E-state index contributed by atoms with van der Waals surface area (Å²) in [5, 5.41) is 0. The molecule has 0 spiro atoms. The van der Waals surface area contributed by atoms with Gasteiger partial charge in [-0.3, -0.25) is 4.90 Å². The predicted molar refractivity (Wildman–Crippen MR) is 70.2 cm³/mol. The van der Waals surface area contributed by atoms with E-state index in [0.717, 1.165) is 19.7 Å². The van der Waals surface area contributed by atoms with Gasteiger partial charge in [-0.2, -0.15) is 0 Å². The van der Waals surface area contributed by atoms with Crippen molar-refractivity contribution in [3.8, 4) is 0 Å². The average molecular weight is 244 g/mol. The summed E-state index contributed by atoms with van der Waals surface area (Å²) < 4.78 is 11.2. The molecule has 0 radical (unpaired) electrons. The Bertz CT molecular complexity index is 219. The number of nitrogens with zero attached hydrogens (tertiary/aromatic N) is 1. The third-order valence-corrected chi connectivity index (χ3v) is 4.19. The number of ether oxygens (including phenoxy) is 2. The second-order valence-corrected chi connectivity index (χ2v) is 5.11. The summed E-state index contributed by atoms with van der Waals surface area (Å²) >= 11 is 0. The minimum absolute atomic E-state index is 0.116. The fourth-order valence-electron chi connectivity index (χ4n) is 2.54. The number of methoxy groups -OCH3 is 1. The zero-order valence-electron chi connectivity index (χ0n) is 11.7. The van der Waals surface area contributed by atoms with Gasteiger partial charge in [-0.25, -0.2) is 0 Å². The van der Waals surface area contributed by atoms with E-state index in [2.05, 4.69) is 25.7 Å². The summed E-state index contributed by atoms with van der Waals surface area (Å²) in [7, 11) is 1.75. The summed E-state index contributed by atoms with van der Waals surface area (Å²) in [6.07, 6.45) is 2.83. The van der Waals surface area contributed by atoms with E-state index in [0.29, 0.717) is 12.6 Å². The van der Waals surface area contributed by atoms with Gasteiger partial charge < -0.3 is 15.2 Å². The van der Waals surface area contributed by atoms with Crippen molar-refractivity contribution in [2.75, 3.05) is 33.4 Å². The first-order chi connectivity index (χ1) is 8.08. The van der Waals surface area contributed by atoms with Crippen molar-refractivity contribution in [1.29, 1.82) is 0 Å². The first-order valence-electron chi connectivity index (χ1n) is 6.68. The summed E-state index contributed by atoms with van der Waals surface area (Å²) in [6.45, 7) is 9.87. The van der Waals surface area contributed by atoms with E-state index in [-0.39, 0.29) is 11.6 Å². The smallest absolute Gasteiger partial charge is 0.0736 e. The first kappa shape index (κ1) is 14.9. The minimum atomic E-state index is -0.116. The van der Waals surface area contributed by atoms with Crippen LogP contribution in [0.25, 0.3) is 0 Å². The number of hydrogen-bond acceptors (Lipinski definition) is 4. The van der Waals surface area contributed by atoms with Crippen LogP contribution in [0.1, 0.15) is 33.6 Å². The Morgan fingerprint density at radius 3 is 2.71 bits per heavy atom. The predicted octanol–water partition coefficient (Wildman–Crippen LogP) is 1.24.